The predicted octanol–water partition coefficient (Wildman–Crippen LogP) is 5.74. The van der Waals surface area contributed by atoms with Crippen LogP contribution in [0.5, 0.6) is 11.5 Å². The van der Waals surface area contributed by atoms with Gasteiger partial charge in [-0.3, -0.25) is 0 Å². The number of benzene rings is 2. The zero-order chi connectivity index (χ0) is 21.9. The van der Waals surface area contributed by atoms with E-state index in [4.69, 9.17) is 9.47 Å². The van der Waals surface area contributed by atoms with E-state index in [0.29, 0.717) is 0 Å². The van der Waals surface area contributed by atoms with E-state index < -0.39 is 0 Å². The molecule has 0 spiro atoms. The summed E-state index contributed by atoms with van der Waals surface area (Å²) in [4.78, 5) is 6.01. The third-order valence-corrected chi connectivity index (χ3v) is 6.51. The molecular formula is C26H38N2O2S. The van der Waals surface area contributed by atoms with Crippen LogP contribution in [0.1, 0.15) is 43.8 Å². The molecule has 0 saturated carbocycles. The van der Waals surface area contributed by atoms with E-state index >= 15 is 0 Å². The van der Waals surface area contributed by atoms with Gasteiger partial charge in [-0.15, -0.1) is 11.8 Å². The van der Waals surface area contributed by atoms with Crippen molar-refractivity contribution in [3.05, 3.63) is 54.1 Å². The van der Waals surface area contributed by atoms with Gasteiger partial charge in [0.1, 0.15) is 17.6 Å². The van der Waals surface area contributed by atoms with Crippen molar-refractivity contribution < 1.29 is 9.47 Å². The van der Waals surface area contributed by atoms with Gasteiger partial charge < -0.3 is 19.3 Å². The first-order valence-corrected chi connectivity index (χ1v) is 12.8. The van der Waals surface area contributed by atoms with Crippen molar-refractivity contribution in [2.75, 3.05) is 53.1 Å². The van der Waals surface area contributed by atoms with Gasteiger partial charge in [0.25, 0.3) is 0 Å². The molecule has 2 aromatic rings. The highest BCUT2D eigenvalue weighted by Crippen LogP contribution is 2.28. The molecule has 31 heavy (non-hydrogen) atoms. The zero-order valence-corrected chi connectivity index (χ0v) is 20.2. The van der Waals surface area contributed by atoms with E-state index in [2.05, 4.69) is 78.7 Å². The maximum absolute atomic E-state index is 6.37. The van der Waals surface area contributed by atoms with Crippen LogP contribution in [0.2, 0.25) is 0 Å². The molecule has 1 aliphatic heterocycles. The number of rotatable bonds is 12. The molecule has 1 atom stereocenters. The van der Waals surface area contributed by atoms with Crippen LogP contribution >= 0.6 is 11.8 Å². The molecule has 1 saturated heterocycles. The Morgan fingerprint density at radius 1 is 0.935 bits per heavy atom. The minimum Gasteiger partial charge on any atom is -0.494 e. The summed E-state index contributed by atoms with van der Waals surface area (Å²) in [5.41, 5.74) is 1.19. The van der Waals surface area contributed by atoms with E-state index in [1.165, 1.54) is 42.8 Å². The summed E-state index contributed by atoms with van der Waals surface area (Å²) in [6.07, 6.45) is 8.22. The molecule has 0 aliphatic carbocycles. The number of likely N-dealkylation sites (tertiary alicyclic amines) is 1. The summed E-state index contributed by atoms with van der Waals surface area (Å²) in [6, 6.07) is 16.8. The number of thioether (sulfide) groups is 1. The number of ether oxygens (including phenoxy) is 2. The summed E-state index contributed by atoms with van der Waals surface area (Å²) in [7, 11) is 4.20. The molecular weight excluding hydrogens is 404 g/mol. The zero-order valence-electron chi connectivity index (χ0n) is 19.4. The van der Waals surface area contributed by atoms with Crippen molar-refractivity contribution in [2.24, 2.45) is 0 Å². The van der Waals surface area contributed by atoms with Crippen LogP contribution in [0.25, 0.3) is 0 Å². The Morgan fingerprint density at radius 3 is 2.26 bits per heavy atom. The summed E-state index contributed by atoms with van der Waals surface area (Å²) in [5, 5.41) is 0. The molecule has 0 amide bonds. The van der Waals surface area contributed by atoms with Crippen molar-refractivity contribution in [1.82, 2.24) is 9.80 Å². The molecule has 1 fully saturated rings. The lowest BCUT2D eigenvalue weighted by Crippen LogP contribution is -2.31. The fraction of sp³-hybridized carbons (Fsp3) is 0.538. The monoisotopic (exact) mass is 442 g/mol. The quantitative estimate of drug-likeness (QED) is 0.309. The summed E-state index contributed by atoms with van der Waals surface area (Å²) < 4.78 is 12.4. The van der Waals surface area contributed by atoms with E-state index in [1.54, 1.807) is 11.8 Å². The molecule has 1 heterocycles. The normalized spacial score (nSPS) is 15.7. The smallest absolute Gasteiger partial charge is 0.125 e. The first kappa shape index (κ1) is 24.0. The van der Waals surface area contributed by atoms with E-state index in [0.717, 1.165) is 44.0 Å². The Balaban J connectivity index is 1.53. The van der Waals surface area contributed by atoms with Crippen LogP contribution < -0.4 is 9.47 Å². The Hall–Kier alpha value is -1.69. The topological polar surface area (TPSA) is 24.9 Å². The molecule has 170 valence electrons. The molecule has 3 rings (SSSR count). The van der Waals surface area contributed by atoms with Crippen molar-refractivity contribution in [1.29, 1.82) is 0 Å². The molecule has 0 bridgehead atoms. The Labute approximate surface area is 192 Å². The lowest BCUT2D eigenvalue weighted by molar-refractivity contribution is 0.179. The lowest BCUT2D eigenvalue weighted by atomic mass is 10.1. The number of nitrogens with zero attached hydrogens (tertiary/aromatic N) is 2. The van der Waals surface area contributed by atoms with E-state index in [9.17, 15) is 0 Å². The molecule has 2 aromatic carbocycles. The van der Waals surface area contributed by atoms with E-state index in [1.807, 2.05) is 0 Å². The summed E-state index contributed by atoms with van der Waals surface area (Å²) in [5.74, 6) is 1.86. The maximum atomic E-state index is 6.37. The number of piperidine rings is 1. The molecule has 0 N–H and O–H groups in total. The van der Waals surface area contributed by atoms with Gasteiger partial charge in [0.15, 0.2) is 0 Å². The first-order chi connectivity index (χ1) is 15.1. The molecule has 1 aliphatic rings. The maximum Gasteiger partial charge on any atom is 0.125 e. The SMILES string of the molecule is CSc1ccc(OC(CCN(C)C)c2ccc(OCCCN3CCCCC3)cc2)cc1. The van der Waals surface area contributed by atoms with Gasteiger partial charge in [0.2, 0.25) is 0 Å². The van der Waals surface area contributed by atoms with Crippen LogP contribution in [0.15, 0.2) is 53.4 Å². The second-order valence-electron chi connectivity index (χ2n) is 8.55. The fourth-order valence-electron chi connectivity index (χ4n) is 3.93. The van der Waals surface area contributed by atoms with Crippen LogP contribution in [-0.2, 0) is 0 Å². The lowest BCUT2D eigenvalue weighted by Gasteiger charge is -2.26. The summed E-state index contributed by atoms with van der Waals surface area (Å²) >= 11 is 1.75. The van der Waals surface area contributed by atoms with Crippen LogP contribution in [0.3, 0.4) is 0 Å². The number of hydrogen-bond donors (Lipinski definition) is 0. The highest BCUT2D eigenvalue weighted by Gasteiger charge is 2.15. The van der Waals surface area contributed by atoms with E-state index in [-0.39, 0.29) is 6.10 Å². The Bertz CT molecular complexity index is 743. The molecule has 1 unspecified atom stereocenters. The van der Waals surface area contributed by atoms with Crippen molar-refractivity contribution in [3.8, 4) is 11.5 Å². The Kier molecular flexibility index (Phi) is 10.0. The third kappa shape index (κ3) is 8.40. The van der Waals surface area contributed by atoms with Crippen molar-refractivity contribution in [3.63, 3.8) is 0 Å². The third-order valence-electron chi connectivity index (χ3n) is 5.76. The summed E-state index contributed by atoms with van der Waals surface area (Å²) in [6.45, 7) is 5.40. The van der Waals surface area contributed by atoms with Crippen molar-refractivity contribution in [2.45, 2.75) is 43.1 Å². The van der Waals surface area contributed by atoms with Gasteiger partial charge in [-0.2, -0.15) is 0 Å². The van der Waals surface area contributed by atoms with Crippen molar-refractivity contribution >= 4 is 11.8 Å². The minimum absolute atomic E-state index is 0.0238. The molecule has 0 aromatic heterocycles. The van der Waals surface area contributed by atoms with Crippen LogP contribution in [-0.4, -0.2) is 62.9 Å². The average Bonchev–Trinajstić information content (AvgIpc) is 2.81. The van der Waals surface area contributed by atoms with Crippen LogP contribution in [0, 0.1) is 0 Å². The van der Waals surface area contributed by atoms with Gasteiger partial charge in [-0.1, -0.05) is 18.6 Å². The van der Waals surface area contributed by atoms with Gasteiger partial charge in [0.05, 0.1) is 6.61 Å². The second-order valence-corrected chi connectivity index (χ2v) is 9.43. The predicted molar refractivity (Wildman–Crippen MR) is 132 cm³/mol. The molecule has 0 radical (unpaired) electrons. The Morgan fingerprint density at radius 2 is 1.61 bits per heavy atom. The van der Waals surface area contributed by atoms with Gasteiger partial charge >= 0.3 is 0 Å². The molecule has 5 heteroatoms. The van der Waals surface area contributed by atoms with Gasteiger partial charge in [-0.25, -0.2) is 0 Å². The minimum atomic E-state index is 0.0238. The standard InChI is InChI=1S/C26H38N2O2S/c1-27(2)20-16-26(30-24-12-14-25(31-3)15-13-24)22-8-10-23(11-9-22)29-21-7-19-28-17-5-4-6-18-28/h8-15,26H,4-7,16-21H2,1-3H3. The second kappa shape index (κ2) is 13.0. The highest BCUT2D eigenvalue weighted by atomic mass is 32.2. The van der Waals surface area contributed by atoms with Crippen LogP contribution in [0.4, 0.5) is 0 Å². The van der Waals surface area contributed by atoms with Gasteiger partial charge in [-0.05, 0) is 94.7 Å². The van der Waals surface area contributed by atoms with Gasteiger partial charge in [0, 0.05) is 24.4 Å². The molecule has 4 nitrogen and oxygen atoms in total. The largest absolute Gasteiger partial charge is 0.494 e. The fourth-order valence-corrected chi connectivity index (χ4v) is 4.34. The average molecular weight is 443 g/mol. The number of hydrogen-bond acceptors (Lipinski definition) is 5. The first-order valence-electron chi connectivity index (χ1n) is 11.5. The highest BCUT2D eigenvalue weighted by molar-refractivity contribution is 7.98.